The Morgan fingerprint density at radius 3 is 2.57 bits per heavy atom. The van der Waals surface area contributed by atoms with Gasteiger partial charge in [-0.25, -0.2) is 0 Å². The Hall–Kier alpha value is -2.47. The third-order valence-electron chi connectivity index (χ3n) is 6.13. The van der Waals surface area contributed by atoms with Crippen LogP contribution < -0.4 is 0 Å². The van der Waals surface area contributed by atoms with Crippen molar-refractivity contribution in [3.63, 3.8) is 0 Å². The molecule has 0 saturated carbocycles. The number of methoxy groups -OCH3 is 1. The second-order valence-electron chi connectivity index (χ2n) is 8.00. The van der Waals surface area contributed by atoms with E-state index in [4.69, 9.17) is 4.74 Å². The van der Waals surface area contributed by atoms with Crippen LogP contribution in [-0.4, -0.2) is 65.0 Å². The number of hydrogen-bond donors (Lipinski definition) is 0. The van der Waals surface area contributed by atoms with Crippen LogP contribution in [-0.2, 0) is 9.53 Å². The number of aromatic nitrogens is 1. The molecule has 2 amide bonds. The van der Waals surface area contributed by atoms with Gasteiger partial charge in [0.2, 0.25) is 0 Å². The molecule has 4 rings (SSSR count). The summed E-state index contributed by atoms with van der Waals surface area (Å²) >= 11 is 0. The van der Waals surface area contributed by atoms with Gasteiger partial charge in [-0.1, -0.05) is 24.3 Å². The van der Waals surface area contributed by atoms with Gasteiger partial charge in [-0.05, 0) is 44.1 Å². The van der Waals surface area contributed by atoms with Crippen molar-refractivity contribution in [3.8, 4) is 0 Å². The van der Waals surface area contributed by atoms with Gasteiger partial charge in [0.25, 0.3) is 11.8 Å². The van der Waals surface area contributed by atoms with Crippen molar-refractivity contribution in [2.75, 3.05) is 20.2 Å². The summed E-state index contributed by atoms with van der Waals surface area (Å²) in [6.07, 6.45) is 3.11. The fourth-order valence-corrected chi connectivity index (χ4v) is 4.70. The van der Waals surface area contributed by atoms with Crippen molar-refractivity contribution in [1.82, 2.24) is 14.8 Å². The fraction of sp³-hybridized carbons (Fsp3) is 0.500. The number of hydrogen-bond acceptors (Lipinski definition) is 4. The highest BCUT2D eigenvalue weighted by Crippen LogP contribution is 2.36. The SMILES string of the molecule is CO[C@H]1C(=O)N(C(C)C)[C@H]1C1CCN(C(=O)c2nccc3ccccc23)CC1. The molecular weight excluding hydrogens is 354 g/mol. The summed E-state index contributed by atoms with van der Waals surface area (Å²) in [4.78, 5) is 33.6. The van der Waals surface area contributed by atoms with E-state index in [1.165, 1.54) is 0 Å². The first kappa shape index (κ1) is 18.9. The third kappa shape index (κ3) is 3.05. The van der Waals surface area contributed by atoms with E-state index in [1.807, 2.05) is 54.0 Å². The van der Waals surface area contributed by atoms with Gasteiger partial charge in [-0.15, -0.1) is 0 Å². The standard InChI is InChI=1S/C22H27N3O3/c1-14(2)25-19(20(28-3)22(25)27)16-9-12-24(13-10-16)21(26)18-17-7-5-4-6-15(17)8-11-23-18/h4-8,11,14,16,19-20H,9-10,12-13H2,1-3H3/t19-,20+/m0/s1. The number of nitrogens with zero attached hydrogens (tertiary/aromatic N) is 3. The average molecular weight is 381 g/mol. The molecule has 2 atom stereocenters. The molecule has 0 radical (unpaired) electrons. The first-order valence-electron chi connectivity index (χ1n) is 10.0. The molecule has 3 heterocycles. The van der Waals surface area contributed by atoms with Gasteiger partial charge in [-0.3, -0.25) is 14.6 Å². The largest absolute Gasteiger partial charge is 0.369 e. The molecule has 6 nitrogen and oxygen atoms in total. The van der Waals surface area contributed by atoms with E-state index < -0.39 is 0 Å². The molecule has 1 aromatic heterocycles. The summed E-state index contributed by atoms with van der Waals surface area (Å²) < 4.78 is 5.45. The summed E-state index contributed by atoms with van der Waals surface area (Å²) in [7, 11) is 1.61. The highest BCUT2D eigenvalue weighted by atomic mass is 16.5. The number of benzene rings is 1. The molecule has 2 saturated heterocycles. The van der Waals surface area contributed by atoms with Crippen LogP contribution in [0.2, 0.25) is 0 Å². The minimum atomic E-state index is -0.339. The Morgan fingerprint density at radius 1 is 1.18 bits per heavy atom. The van der Waals surface area contributed by atoms with E-state index in [2.05, 4.69) is 4.98 Å². The Balaban J connectivity index is 1.47. The molecule has 1 aromatic carbocycles. The van der Waals surface area contributed by atoms with Crippen LogP contribution in [0.3, 0.4) is 0 Å². The van der Waals surface area contributed by atoms with Crippen molar-refractivity contribution >= 4 is 22.6 Å². The van der Waals surface area contributed by atoms with Gasteiger partial charge in [-0.2, -0.15) is 0 Å². The van der Waals surface area contributed by atoms with Gasteiger partial charge in [0.15, 0.2) is 6.10 Å². The quantitative estimate of drug-likeness (QED) is 0.764. The van der Waals surface area contributed by atoms with Crippen LogP contribution in [0, 0.1) is 5.92 Å². The maximum Gasteiger partial charge on any atom is 0.273 e. The van der Waals surface area contributed by atoms with Crippen molar-refractivity contribution in [2.45, 2.75) is 44.9 Å². The van der Waals surface area contributed by atoms with Crippen LogP contribution in [0.4, 0.5) is 0 Å². The topological polar surface area (TPSA) is 62.7 Å². The Labute approximate surface area is 165 Å². The van der Waals surface area contributed by atoms with Gasteiger partial charge >= 0.3 is 0 Å². The molecule has 148 valence electrons. The first-order chi connectivity index (χ1) is 13.5. The van der Waals surface area contributed by atoms with Gasteiger partial charge in [0.05, 0.1) is 6.04 Å². The lowest BCUT2D eigenvalue weighted by Gasteiger charge is -2.53. The molecule has 0 aliphatic carbocycles. The monoisotopic (exact) mass is 381 g/mol. The molecule has 2 fully saturated rings. The van der Waals surface area contributed by atoms with Crippen LogP contribution >= 0.6 is 0 Å². The fourth-order valence-electron chi connectivity index (χ4n) is 4.70. The first-order valence-corrected chi connectivity index (χ1v) is 10.0. The van der Waals surface area contributed by atoms with E-state index in [1.54, 1.807) is 13.3 Å². The molecule has 6 heteroatoms. The number of likely N-dealkylation sites (tertiary alicyclic amines) is 2. The highest BCUT2D eigenvalue weighted by Gasteiger charge is 2.52. The van der Waals surface area contributed by atoms with Crippen LogP contribution in [0.15, 0.2) is 36.5 Å². The molecular formula is C22H27N3O3. The number of ether oxygens (including phenoxy) is 1. The van der Waals surface area contributed by atoms with Crippen molar-refractivity contribution in [3.05, 3.63) is 42.2 Å². The smallest absolute Gasteiger partial charge is 0.273 e. The van der Waals surface area contributed by atoms with Crippen molar-refractivity contribution in [1.29, 1.82) is 0 Å². The summed E-state index contributed by atoms with van der Waals surface area (Å²) in [5, 5.41) is 1.92. The Morgan fingerprint density at radius 2 is 1.89 bits per heavy atom. The lowest BCUT2D eigenvalue weighted by molar-refractivity contribution is -0.181. The Bertz CT molecular complexity index is 884. The normalized spacial score (nSPS) is 23.4. The van der Waals surface area contributed by atoms with Gasteiger partial charge in [0, 0.05) is 37.8 Å². The van der Waals surface area contributed by atoms with Crippen molar-refractivity contribution < 1.29 is 14.3 Å². The van der Waals surface area contributed by atoms with Crippen LogP contribution in [0.25, 0.3) is 10.8 Å². The molecule has 28 heavy (non-hydrogen) atoms. The van der Waals surface area contributed by atoms with Crippen LogP contribution in [0.5, 0.6) is 0 Å². The molecule has 2 aromatic rings. The summed E-state index contributed by atoms with van der Waals surface area (Å²) in [6.45, 7) is 5.45. The van der Waals surface area contributed by atoms with E-state index in [0.717, 1.165) is 23.6 Å². The van der Waals surface area contributed by atoms with Gasteiger partial charge < -0.3 is 14.5 Å². The molecule has 2 aliphatic rings. The zero-order chi connectivity index (χ0) is 19.8. The highest BCUT2D eigenvalue weighted by molar-refractivity contribution is 6.05. The third-order valence-corrected chi connectivity index (χ3v) is 6.13. The van der Waals surface area contributed by atoms with Crippen molar-refractivity contribution in [2.24, 2.45) is 5.92 Å². The molecule has 0 spiro atoms. The molecule has 0 bridgehead atoms. The summed E-state index contributed by atoms with van der Waals surface area (Å²) in [6, 6.07) is 10.1. The van der Waals surface area contributed by atoms with E-state index in [0.29, 0.717) is 24.7 Å². The van der Waals surface area contributed by atoms with E-state index in [9.17, 15) is 9.59 Å². The number of rotatable bonds is 4. The average Bonchev–Trinajstić information content (AvgIpc) is 2.71. The zero-order valence-electron chi connectivity index (χ0n) is 16.7. The van der Waals surface area contributed by atoms with E-state index >= 15 is 0 Å². The summed E-state index contributed by atoms with van der Waals surface area (Å²) in [5.74, 6) is 0.430. The second-order valence-corrected chi connectivity index (χ2v) is 8.00. The zero-order valence-corrected chi connectivity index (χ0v) is 16.7. The van der Waals surface area contributed by atoms with Gasteiger partial charge in [0.1, 0.15) is 5.69 Å². The number of carbonyl (C=O) groups is 2. The number of pyridine rings is 1. The maximum absolute atomic E-state index is 13.1. The molecule has 2 aliphatic heterocycles. The second kappa shape index (κ2) is 7.51. The predicted octanol–water partition coefficient (Wildman–Crippen LogP) is 2.72. The summed E-state index contributed by atoms with van der Waals surface area (Å²) in [5.41, 5.74) is 0.522. The van der Waals surface area contributed by atoms with Crippen LogP contribution in [0.1, 0.15) is 37.2 Å². The molecule has 0 N–H and O–H groups in total. The lowest BCUT2D eigenvalue weighted by atomic mass is 9.79. The minimum absolute atomic E-state index is 0.0102. The number of piperidine rings is 1. The molecule has 0 unspecified atom stereocenters. The lowest BCUT2D eigenvalue weighted by Crippen LogP contribution is -2.70. The number of fused-ring (bicyclic) bond motifs is 1. The predicted molar refractivity (Wildman–Crippen MR) is 107 cm³/mol. The number of β-lactam (4-membered cyclic amide) rings is 1. The number of carbonyl (C=O) groups excluding carboxylic acids is 2. The Kier molecular flexibility index (Phi) is 5.06. The minimum Gasteiger partial charge on any atom is -0.369 e. The number of amides is 2. The van der Waals surface area contributed by atoms with E-state index in [-0.39, 0.29) is 30.0 Å². The maximum atomic E-state index is 13.1.